The number of ether oxygens (including phenoxy) is 1. The predicted octanol–water partition coefficient (Wildman–Crippen LogP) is -0.0390. The van der Waals surface area contributed by atoms with Crippen molar-refractivity contribution in [3.63, 3.8) is 0 Å². The molecule has 0 saturated carbocycles. The predicted molar refractivity (Wildman–Crippen MR) is 78.5 cm³/mol. The van der Waals surface area contributed by atoms with Crippen LogP contribution in [0.25, 0.3) is 0 Å². The minimum absolute atomic E-state index is 0.0000435. The highest BCUT2D eigenvalue weighted by Crippen LogP contribution is 2.25. The van der Waals surface area contributed by atoms with Gasteiger partial charge in [-0.3, -0.25) is 13.9 Å². The Bertz CT molecular complexity index is 713. The number of anilines is 1. The number of morpholine rings is 1. The lowest BCUT2D eigenvalue weighted by Gasteiger charge is -2.41. The van der Waals surface area contributed by atoms with Crippen LogP contribution < -0.4 is 16.1 Å². The van der Waals surface area contributed by atoms with E-state index in [1.807, 2.05) is 24.8 Å². The Hall–Kier alpha value is -2.07. The average Bonchev–Trinajstić information content (AvgIpc) is 2.48. The Balaban J connectivity index is 2.62. The highest BCUT2D eigenvalue weighted by Gasteiger charge is 2.33. The van der Waals surface area contributed by atoms with Crippen molar-refractivity contribution in [1.29, 1.82) is 5.26 Å². The summed E-state index contributed by atoms with van der Waals surface area (Å²) in [5.41, 5.74) is -1.33. The van der Waals surface area contributed by atoms with Gasteiger partial charge >= 0.3 is 5.69 Å². The second-order valence-electron chi connectivity index (χ2n) is 5.59. The fraction of sp³-hybridized carbons (Fsp3) is 0.643. The van der Waals surface area contributed by atoms with Crippen LogP contribution in [0.1, 0.15) is 25.8 Å². The summed E-state index contributed by atoms with van der Waals surface area (Å²) in [6.07, 6.45) is 0.810. The zero-order valence-corrected chi connectivity index (χ0v) is 12.8. The molecule has 1 unspecified atom stereocenters. The van der Waals surface area contributed by atoms with Crippen molar-refractivity contribution < 1.29 is 4.74 Å². The molecule has 0 amide bonds. The van der Waals surface area contributed by atoms with Gasteiger partial charge in [0, 0.05) is 27.2 Å². The van der Waals surface area contributed by atoms with Gasteiger partial charge in [0.15, 0.2) is 5.56 Å². The van der Waals surface area contributed by atoms with E-state index >= 15 is 0 Å². The van der Waals surface area contributed by atoms with Gasteiger partial charge in [0.05, 0.1) is 12.2 Å². The molecule has 0 radical (unpaired) electrons. The maximum absolute atomic E-state index is 12.1. The summed E-state index contributed by atoms with van der Waals surface area (Å²) in [6.45, 7) is 5.60. The smallest absolute Gasteiger partial charge is 0.332 e. The van der Waals surface area contributed by atoms with Crippen LogP contribution in [-0.4, -0.2) is 34.4 Å². The molecule has 2 heterocycles. The molecular formula is C14H20N4O3. The van der Waals surface area contributed by atoms with E-state index in [2.05, 4.69) is 0 Å². The monoisotopic (exact) mass is 292 g/mol. The molecule has 1 aliphatic rings. The number of nitriles is 1. The van der Waals surface area contributed by atoms with Crippen LogP contribution in [0, 0.1) is 11.3 Å². The molecule has 0 N–H and O–H groups in total. The van der Waals surface area contributed by atoms with Crippen molar-refractivity contribution in [3.8, 4) is 6.07 Å². The van der Waals surface area contributed by atoms with Gasteiger partial charge in [-0.25, -0.2) is 4.79 Å². The first-order chi connectivity index (χ1) is 9.84. The van der Waals surface area contributed by atoms with Crippen LogP contribution in [0.3, 0.4) is 0 Å². The van der Waals surface area contributed by atoms with Gasteiger partial charge in [0.25, 0.3) is 5.56 Å². The SMILES string of the molecule is CCC1(C)CN(c2c(C#N)c(=O)n(C)c(=O)n2C)CCO1. The van der Waals surface area contributed by atoms with Gasteiger partial charge in [0.2, 0.25) is 0 Å². The van der Waals surface area contributed by atoms with Crippen LogP contribution in [0.4, 0.5) is 5.82 Å². The topological polar surface area (TPSA) is 80.3 Å². The molecule has 1 aromatic heterocycles. The summed E-state index contributed by atoms with van der Waals surface area (Å²) in [4.78, 5) is 26.1. The van der Waals surface area contributed by atoms with E-state index in [0.717, 1.165) is 11.0 Å². The largest absolute Gasteiger partial charge is 0.372 e. The third-order valence-corrected chi connectivity index (χ3v) is 4.13. The zero-order chi connectivity index (χ0) is 15.8. The second kappa shape index (κ2) is 5.37. The van der Waals surface area contributed by atoms with Gasteiger partial charge in [-0.15, -0.1) is 0 Å². The molecule has 0 bridgehead atoms. The number of hydrogen-bond donors (Lipinski definition) is 0. The molecule has 114 valence electrons. The summed E-state index contributed by atoms with van der Waals surface area (Å²) in [5, 5.41) is 9.32. The second-order valence-corrected chi connectivity index (χ2v) is 5.59. The van der Waals surface area contributed by atoms with E-state index in [1.165, 1.54) is 11.6 Å². The van der Waals surface area contributed by atoms with E-state index in [9.17, 15) is 14.9 Å². The average molecular weight is 292 g/mol. The first kappa shape index (κ1) is 15.3. The third kappa shape index (κ3) is 2.47. The number of hydrogen-bond acceptors (Lipinski definition) is 5. The van der Waals surface area contributed by atoms with Crippen molar-refractivity contribution in [3.05, 3.63) is 26.4 Å². The molecule has 21 heavy (non-hydrogen) atoms. The minimum atomic E-state index is -0.555. The van der Waals surface area contributed by atoms with Crippen molar-refractivity contribution in [2.24, 2.45) is 14.1 Å². The Labute approximate surface area is 123 Å². The first-order valence-electron chi connectivity index (χ1n) is 6.93. The van der Waals surface area contributed by atoms with Crippen LogP contribution >= 0.6 is 0 Å². The van der Waals surface area contributed by atoms with Gasteiger partial charge in [0.1, 0.15) is 11.9 Å². The van der Waals surface area contributed by atoms with E-state index in [0.29, 0.717) is 25.5 Å². The maximum Gasteiger partial charge on any atom is 0.332 e. The van der Waals surface area contributed by atoms with E-state index in [4.69, 9.17) is 4.74 Å². The van der Waals surface area contributed by atoms with E-state index < -0.39 is 11.2 Å². The highest BCUT2D eigenvalue weighted by atomic mass is 16.5. The lowest BCUT2D eigenvalue weighted by molar-refractivity contribution is -0.0445. The number of nitrogens with zero attached hydrogens (tertiary/aromatic N) is 4. The summed E-state index contributed by atoms with van der Waals surface area (Å²) >= 11 is 0. The van der Waals surface area contributed by atoms with Crippen molar-refractivity contribution in [2.75, 3.05) is 24.6 Å². The van der Waals surface area contributed by atoms with E-state index in [1.54, 1.807) is 7.05 Å². The Morgan fingerprint density at radius 2 is 2.00 bits per heavy atom. The summed E-state index contributed by atoms with van der Waals surface area (Å²) in [6, 6.07) is 1.94. The van der Waals surface area contributed by atoms with Crippen molar-refractivity contribution in [2.45, 2.75) is 25.9 Å². The molecule has 0 spiro atoms. The molecule has 0 aromatic carbocycles. The highest BCUT2D eigenvalue weighted by molar-refractivity contribution is 5.54. The van der Waals surface area contributed by atoms with Crippen LogP contribution in [0.15, 0.2) is 9.59 Å². The zero-order valence-electron chi connectivity index (χ0n) is 12.8. The molecule has 1 atom stereocenters. The number of rotatable bonds is 2. The molecule has 7 nitrogen and oxygen atoms in total. The van der Waals surface area contributed by atoms with Gasteiger partial charge in [-0.05, 0) is 13.3 Å². The third-order valence-electron chi connectivity index (χ3n) is 4.13. The molecule has 2 rings (SSSR count). The standard InChI is InChI=1S/C14H20N4O3/c1-5-14(2)9-18(6-7-21-14)11-10(8-15)12(19)17(4)13(20)16(11)3/h5-7,9H2,1-4H3. The molecule has 1 fully saturated rings. The van der Waals surface area contributed by atoms with Gasteiger partial charge in [-0.1, -0.05) is 6.92 Å². The fourth-order valence-electron chi connectivity index (χ4n) is 2.63. The molecule has 7 heteroatoms. The van der Waals surface area contributed by atoms with Gasteiger partial charge < -0.3 is 9.64 Å². The first-order valence-corrected chi connectivity index (χ1v) is 6.93. The Morgan fingerprint density at radius 1 is 1.33 bits per heavy atom. The van der Waals surface area contributed by atoms with Crippen LogP contribution in [0.2, 0.25) is 0 Å². The normalized spacial score (nSPS) is 22.1. The lowest BCUT2D eigenvalue weighted by Crippen LogP contribution is -2.52. The molecule has 1 saturated heterocycles. The molecular weight excluding hydrogens is 272 g/mol. The van der Waals surface area contributed by atoms with E-state index in [-0.39, 0.29) is 11.2 Å². The van der Waals surface area contributed by atoms with Crippen molar-refractivity contribution in [1.82, 2.24) is 9.13 Å². The lowest BCUT2D eigenvalue weighted by atomic mass is 10.0. The summed E-state index contributed by atoms with van der Waals surface area (Å²) in [5.74, 6) is 0.383. The Kier molecular flexibility index (Phi) is 3.92. The Morgan fingerprint density at radius 3 is 2.57 bits per heavy atom. The molecule has 0 aliphatic carbocycles. The fourth-order valence-corrected chi connectivity index (χ4v) is 2.63. The molecule has 1 aliphatic heterocycles. The van der Waals surface area contributed by atoms with Crippen LogP contribution in [0.5, 0.6) is 0 Å². The quantitative estimate of drug-likeness (QED) is 0.764. The minimum Gasteiger partial charge on any atom is -0.372 e. The summed E-state index contributed by atoms with van der Waals surface area (Å²) in [7, 11) is 2.96. The molecule has 1 aromatic rings. The van der Waals surface area contributed by atoms with Gasteiger partial charge in [-0.2, -0.15) is 5.26 Å². The maximum atomic E-state index is 12.1. The number of aromatic nitrogens is 2. The van der Waals surface area contributed by atoms with Crippen LogP contribution in [-0.2, 0) is 18.8 Å². The summed E-state index contributed by atoms with van der Waals surface area (Å²) < 4.78 is 8.09. The van der Waals surface area contributed by atoms with Crippen molar-refractivity contribution >= 4 is 5.82 Å².